The molecule has 0 unspecified atom stereocenters. The van der Waals surface area contributed by atoms with Gasteiger partial charge in [-0.15, -0.1) is 0 Å². The van der Waals surface area contributed by atoms with Crippen LogP contribution in [0.25, 0.3) is 11.2 Å². The molecule has 0 radical (unpaired) electrons. The summed E-state index contributed by atoms with van der Waals surface area (Å²) in [6, 6.07) is 15.0. The summed E-state index contributed by atoms with van der Waals surface area (Å²) in [5.41, 5.74) is 1.32. The summed E-state index contributed by atoms with van der Waals surface area (Å²) >= 11 is 6.02. The minimum atomic E-state index is -0.491. The van der Waals surface area contributed by atoms with Gasteiger partial charge in [0, 0.05) is 25.2 Å². The topological polar surface area (TPSA) is 91.3 Å². The van der Waals surface area contributed by atoms with Crippen LogP contribution in [-0.2, 0) is 20.1 Å². The summed E-state index contributed by atoms with van der Waals surface area (Å²) in [5, 5.41) is 9.79. The minimum absolute atomic E-state index is 0.109. The molecule has 8 nitrogen and oxygen atoms in total. The van der Waals surface area contributed by atoms with Gasteiger partial charge in [-0.3, -0.25) is 18.5 Å². The maximum Gasteiger partial charge on any atom is 0.332 e. The van der Waals surface area contributed by atoms with Crippen molar-refractivity contribution in [3.05, 3.63) is 85.5 Å². The van der Waals surface area contributed by atoms with E-state index in [0.29, 0.717) is 23.7 Å². The van der Waals surface area contributed by atoms with Crippen LogP contribution in [0.4, 0.5) is 0 Å². The Hall–Kier alpha value is -3.36. The largest absolute Gasteiger partial charge is 0.425 e. The van der Waals surface area contributed by atoms with Crippen molar-refractivity contribution in [1.29, 1.82) is 0 Å². The lowest BCUT2D eigenvalue weighted by Crippen LogP contribution is -2.39. The molecule has 2 heterocycles. The van der Waals surface area contributed by atoms with Gasteiger partial charge in [0.25, 0.3) is 5.56 Å². The maximum atomic E-state index is 13.3. The molecule has 0 atom stereocenters. The second-order valence-corrected chi connectivity index (χ2v) is 7.96. The number of hydrogen-bond acceptors (Lipinski definition) is 5. The summed E-state index contributed by atoms with van der Waals surface area (Å²) in [6.45, 7) is 2.19. The lowest BCUT2D eigenvalue weighted by Gasteiger charge is -2.12. The van der Waals surface area contributed by atoms with Crippen molar-refractivity contribution in [1.82, 2.24) is 18.7 Å². The Morgan fingerprint density at radius 3 is 2.47 bits per heavy atom. The van der Waals surface area contributed by atoms with Gasteiger partial charge < -0.3 is 9.84 Å². The van der Waals surface area contributed by atoms with Crippen molar-refractivity contribution < 1.29 is 9.84 Å². The first kappa shape index (κ1) is 21.9. The van der Waals surface area contributed by atoms with Gasteiger partial charge >= 0.3 is 11.7 Å². The van der Waals surface area contributed by atoms with Gasteiger partial charge in [0.15, 0.2) is 11.2 Å². The van der Waals surface area contributed by atoms with Gasteiger partial charge in [-0.05, 0) is 42.7 Å². The lowest BCUT2D eigenvalue weighted by atomic mass is 10.2. The second-order valence-electron chi connectivity index (χ2n) is 7.52. The smallest absolute Gasteiger partial charge is 0.332 e. The van der Waals surface area contributed by atoms with Gasteiger partial charge in [0.2, 0.25) is 0 Å². The first-order chi connectivity index (χ1) is 15.4. The molecule has 4 aromatic rings. The van der Waals surface area contributed by atoms with E-state index in [9.17, 15) is 14.7 Å². The Bertz CT molecular complexity index is 1390. The molecule has 2 aromatic heterocycles. The molecule has 0 aliphatic carbocycles. The SMILES string of the molecule is Cc1ccccc1Oc1nc2c(c(=O)n(CCCO)c(=O)n2C)n1Cc1ccc(Cl)cc1. The van der Waals surface area contributed by atoms with Gasteiger partial charge in [-0.2, -0.15) is 4.98 Å². The van der Waals surface area contributed by atoms with Crippen molar-refractivity contribution in [3.63, 3.8) is 0 Å². The van der Waals surface area contributed by atoms with Crippen LogP contribution >= 0.6 is 11.6 Å². The number of aryl methyl sites for hydroxylation is 2. The normalized spacial score (nSPS) is 11.2. The first-order valence-corrected chi connectivity index (χ1v) is 10.6. The third-order valence-electron chi connectivity index (χ3n) is 5.29. The molecule has 4 rings (SSSR count). The average molecular weight is 455 g/mol. The Morgan fingerprint density at radius 1 is 1.06 bits per heavy atom. The molecule has 0 spiro atoms. The van der Waals surface area contributed by atoms with Crippen molar-refractivity contribution in [2.75, 3.05) is 6.61 Å². The fourth-order valence-electron chi connectivity index (χ4n) is 3.54. The van der Waals surface area contributed by atoms with Gasteiger partial charge in [0.1, 0.15) is 5.75 Å². The van der Waals surface area contributed by atoms with Crippen molar-refractivity contribution in [2.45, 2.75) is 26.4 Å². The molecule has 2 aromatic carbocycles. The van der Waals surface area contributed by atoms with Gasteiger partial charge in [-0.25, -0.2) is 4.79 Å². The highest BCUT2D eigenvalue weighted by atomic mass is 35.5. The number of halogens is 1. The summed E-state index contributed by atoms with van der Waals surface area (Å²) < 4.78 is 10.2. The van der Waals surface area contributed by atoms with Crippen LogP contribution in [0.2, 0.25) is 5.02 Å². The number of aliphatic hydroxyl groups is 1. The highest BCUT2D eigenvalue weighted by molar-refractivity contribution is 6.30. The van der Waals surface area contributed by atoms with Gasteiger partial charge in [-0.1, -0.05) is 41.9 Å². The standard InChI is InChI=1S/C23H23ClN4O4/c1-15-6-3-4-7-18(15)32-22-25-20-19(28(22)14-16-8-10-17(24)11-9-16)21(30)27(12-5-13-29)23(31)26(20)2/h3-4,6-11,29H,5,12-14H2,1-2H3. The molecule has 0 bridgehead atoms. The van der Waals surface area contributed by atoms with Crippen LogP contribution in [0, 0.1) is 6.92 Å². The van der Waals surface area contributed by atoms with E-state index in [-0.39, 0.29) is 30.3 Å². The van der Waals surface area contributed by atoms with E-state index < -0.39 is 11.2 Å². The number of imidazole rings is 1. The molecule has 32 heavy (non-hydrogen) atoms. The lowest BCUT2D eigenvalue weighted by molar-refractivity contribution is 0.277. The molecule has 0 fully saturated rings. The van der Waals surface area contributed by atoms with E-state index >= 15 is 0 Å². The number of hydrogen-bond donors (Lipinski definition) is 1. The van der Waals surface area contributed by atoms with Crippen molar-refractivity contribution in [2.24, 2.45) is 7.05 Å². The zero-order valence-electron chi connectivity index (χ0n) is 17.8. The molecule has 166 valence electrons. The van der Waals surface area contributed by atoms with Crippen LogP contribution in [0.5, 0.6) is 11.8 Å². The zero-order valence-corrected chi connectivity index (χ0v) is 18.5. The van der Waals surface area contributed by atoms with Crippen LogP contribution in [0.3, 0.4) is 0 Å². The highest BCUT2D eigenvalue weighted by Crippen LogP contribution is 2.27. The predicted molar refractivity (Wildman–Crippen MR) is 123 cm³/mol. The number of fused-ring (bicyclic) bond motifs is 1. The molecule has 9 heteroatoms. The summed E-state index contributed by atoms with van der Waals surface area (Å²) in [4.78, 5) is 30.6. The van der Waals surface area contributed by atoms with Crippen LogP contribution in [0.15, 0.2) is 58.1 Å². The van der Waals surface area contributed by atoms with E-state index in [1.54, 1.807) is 23.7 Å². The number of benzene rings is 2. The highest BCUT2D eigenvalue weighted by Gasteiger charge is 2.22. The predicted octanol–water partition coefficient (Wildman–Crippen LogP) is 3.08. The van der Waals surface area contributed by atoms with Crippen molar-refractivity contribution in [3.8, 4) is 11.8 Å². The molecule has 0 amide bonds. The molecular formula is C23H23ClN4O4. The van der Waals surface area contributed by atoms with E-state index in [1.165, 1.54) is 4.57 Å². The average Bonchev–Trinajstić information content (AvgIpc) is 3.13. The molecule has 1 N–H and O–H groups in total. The van der Waals surface area contributed by atoms with Crippen LogP contribution in [0.1, 0.15) is 17.5 Å². The molecule has 0 aliphatic rings. The summed E-state index contributed by atoms with van der Waals surface area (Å²) in [7, 11) is 1.57. The zero-order chi connectivity index (χ0) is 22.8. The number of nitrogens with zero attached hydrogens (tertiary/aromatic N) is 4. The molecule has 0 aliphatic heterocycles. The molecule has 0 saturated heterocycles. The van der Waals surface area contributed by atoms with E-state index in [1.807, 2.05) is 43.3 Å². The Labute approximate surface area is 188 Å². The third kappa shape index (κ3) is 4.06. The summed E-state index contributed by atoms with van der Waals surface area (Å²) in [6.07, 6.45) is 0.290. The van der Waals surface area contributed by atoms with Gasteiger partial charge in [0.05, 0.1) is 6.54 Å². The fourth-order valence-corrected chi connectivity index (χ4v) is 3.67. The Kier molecular flexibility index (Phi) is 6.16. The number of para-hydroxylation sites is 1. The number of aliphatic hydroxyl groups excluding tert-OH is 1. The second kappa shape index (κ2) is 9.02. The first-order valence-electron chi connectivity index (χ1n) is 10.2. The Balaban J connectivity index is 1.95. The number of rotatable bonds is 7. The molecule has 0 saturated carbocycles. The third-order valence-corrected chi connectivity index (χ3v) is 5.54. The fraction of sp³-hybridized carbons (Fsp3) is 0.261. The minimum Gasteiger partial charge on any atom is -0.425 e. The van der Waals surface area contributed by atoms with E-state index in [0.717, 1.165) is 15.7 Å². The molecular weight excluding hydrogens is 432 g/mol. The van der Waals surface area contributed by atoms with Crippen molar-refractivity contribution >= 4 is 22.8 Å². The number of ether oxygens (including phenoxy) is 1. The number of aromatic nitrogens is 4. The Morgan fingerprint density at radius 2 is 1.78 bits per heavy atom. The van der Waals surface area contributed by atoms with Crippen LogP contribution in [-0.4, -0.2) is 30.4 Å². The quantitative estimate of drug-likeness (QED) is 0.463. The van der Waals surface area contributed by atoms with E-state index in [4.69, 9.17) is 16.3 Å². The van der Waals surface area contributed by atoms with Crippen LogP contribution < -0.4 is 16.0 Å². The monoisotopic (exact) mass is 454 g/mol. The maximum absolute atomic E-state index is 13.3. The summed E-state index contributed by atoms with van der Waals surface area (Å²) in [5.74, 6) is 0.603. The van der Waals surface area contributed by atoms with E-state index in [2.05, 4.69) is 4.98 Å².